The van der Waals surface area contributed by atoms with Crippen molar-refractivity contribution in [2.24, 2.45) is 0 Å². The van der Waals surface area contributed by atoms with Gasteiger partial charge in [0.2, 0.25) is 5.91 Å². The van der Waals surface area contributed by atoms with Crippen LogP contribution >= 0.6 is 0 Å². The molecule has 1 N–H and O–H groups in total. The van der Waals surface area contributed by atoms with Crippen LogP contribution in [0.15, 0.2) is 34.9 Å². The van der Waals surface area contributed by atoms with Crippen LogP contribution in [0.25, 0.3) is 0 Å². The maximum atomic E-state index is 11.9. The summed E-state index contributed by atoms with van der Waals surface area (Å²) in [5.74, 6) is 1.22. The predicted molar refractivity (Wildman–Crippen MR) is 75.8 cm³/mol. The van der Waals surface area contributed by atoms with E-state index in [4.69, 9.17) is 9.15 Å². The molecular weight excluding hydrogens is 256 g/mol. The molecule has 0 aliphatic heterocycles. The van der Waals surface area contributed by atoms with Crippen LogP contribution < -0.4 is 10.1 Å². The second kappa shape index (κ2) is 6.75. The molecule has 0 aliphatic rings. The number of para-hydroxylation sites is 2. The molecule has 0 saturated heterocycles. The minimum atomic E-state index is -0.0715. The van der Waals surface area contributed by atoms with Gasteiger partial charge >= 0.3 is 0 Å². The molecular formula is C15H18N2O3. The van der Waals surface area contributed by atoms with Gasteiger partial charge in [0, 0.05) is 19.8 Å². The molecule has 0 spiro atoms. The number of nitrogens with zero attached hydrogens (tertiary/aromatic N) is 1. The zero-order valence-corrected chi connectivity index (χ0v) is 11.7. The average molecular weight is 274 g/mol. The molecule has 0 unspecified atom stereocenters. The first-order valence-electron chi connectivity index (χ1n) is 6.61. The fourth-order valence-electron chi connectivity index (χ4n) is 1.83. The van der Waals surface area contributed by atoms with Gasteiger partial charge in [-0.25, -0.2) is 4.98 Å². The van der Waals surface area contributed by atoms with Gasteiger partial charge in [-0.2, -0.15) is 0 Å². The number of hydrogen-bond acceptors (Lipinski definition) is 4. The van der Waals surface area contributed by atoms with Gasteiger partial charge in [0.1, 0.15) is 12.0 Å². The SMILES string of the molecule is CCOc1ccccc1NC(=O)CCc1coc(C)n1. The van der Waals surface area contributed by atoms with E-state index in [2.05, 4.69) is 10.3 Å². The molecule has 0 saturated carbocycles. The summed E-state index contributed by atoms with van der Waals surface area (Å²) in [6, 6.07) is 7.39. The minimum Gasteiger partial charge on any atom is -0.492 e. The summed E-state index contributed by atoms with van der Waals surface area (Å²) in [6.45, 7) is 4.25. The standard InChI is InChI=1S/C15H18N2O3/c1-3-19-14-7-5-4-6-13(14)17-15(18)9-8-12-10-20-11(2)16-12/h4-7,10H,3,8-9H2,1-2H3,(H,17,18). The number of anilines is 1. The molecule has 5 nitrogen and oxygen atoms in total. The van der Waals surface area contributed by atoms with Gasteiger partial charge in [-0.1, -0.05) is 12.1 Å². The van der Waals surface area contributed by atoms with Gasteiger partial charge in [-0.05, 0) is 19.1 Å². The van der Waals surface area contributed by atoms with E-state index in [9.17, 15) is 4.79 Å². The maximum absolute atomic E-state index is 11.9. The predicted octanol–water partition coefficient (Wildman–Crippen LogP) is 2.95. The minimum absolute atomic E-state index is 0.0715. The van der Waals surface area contributed by atoms with Crippen molar-refractivity contribution in [3.05, 3.63) is 42.1 Å². The van der Waals surface area contributed by atoms with Crippen molar-refractivity contribution < 1.29 is 13.9 Å². The number of carbonyl (C=O) groups excluding carboxylic acids is 1. The molecule has 0 fully saturated rings. The van der Waals surface area contributed by atoms with E-state index in [0.29, 0.717) is 36.8 Å². The molecule has 2 aromatic rings. The second-order valence-electron chi connectivity index (χ2n) is 4.34. The van der Waals surface area contributed by atoms with E-state index in [1.807, 2.05) is 31.2 Å². The summed E-state index contributed by atoms with van der Waals surface area (Å²) in [6.07, 6.45) is 2.49. The number of aromatic nitrogens is 1. The quantitative estimate of drug-likeness (QED) is 0.879. The lowest BCUT2D eigenvalue weighted by Gasteiger charge is -2.10. The number of rotatable bonds is 6. The Morgan fingerprint density at radius 1 is 1.40 bits per heavy atom. The van der Waals surface area contributed by atoms with Crippen molar-refractivity contribution >= 4 is 11.6 Å². The van der Waals surface area contributed by atoms with Gasteiger partial charge < -0.3 is 14.5 Å². The molecule has 1 amide bonds. The van der Waals surface area contributed by atoms with Crippen molar-refractivity contribution in [2.45, 2.75) is 26.7 Å². The van der Waals surface area contributed by atoms with Crippen LogP contribution in [-0.4, -0.2) is 17.5 Å². The third-order valence-electron chi connectivity index (χ3n) is 2.74. The number of aryl methyl sites for hydroxylation is 2. The van der Waals surface area contributed by atoms with Gasteiger partial charge in [-0.3, -0.25) is 4.79 Å². The van der Waals surface area contributed by atoms with Crippen molar-refractivity contribution in [1.82, 2.24) is 4.98 Å². The highest BCUT2D eigenvalue weighted by molar-refractivity contribution is 5.92. The Morgan fingerprint density at radius 3 is 2.90 bits per heavy atom. The summed E-state index contributed by atoms with van der Waals surface area (Å²) < 4.78 is 10.6. The van der Waals surface area contributed by atoms with Crippen LogP contribution in [0.3, 0.4) is 0 Å². The largest absolute Gasteiger partial charge is 0.492 e. The fourth-order valence-corrected chi connectivity index (χ4v) is 1.83. The lowest BCUT2D eigenvalue weighted by atomic mass is 10.2. The van der Waals surface area contributed by atoms with Gasteiger partial charge in [0.25, 0.3) is 0 Å². The summed E-state index contributed by atoms with van der Waals surface area (Å²) >= 11 is 0. The number of carbonyl (C=O) groups is 1. The Hall–Kier alpha value is -2.30. The lowest BCUT2D eigenvalue weighted by Crippen LogP contribution is -2.13. The smallest absolute Gasteiger partial charge is 0.224 e. The Morgan fingerprint density at radius 2 is 2.20 bits per heavy atom. The van der Waals surface area contributed by atoms with Gasteiger partial charge in [-0.15, -0.1) is 0 Å². The van der Waals surface area contributed by atoms with Crippen LogP contribution in [0.4, 0.5) is 5.69 Å². The maximum Gasteiger partial charge on any atom is 0.224 e. The van der Waals surface area contributed by atoms with Crippen molar-refractivity contribution in [3.8, 4) is 5.75 Å². The number of amides is 1. The van der Waals surface area contributed by atoms with Crippen molar-refractivity contribution in [2.75, 3.05) is 11.9 Å². The molecule has 0 radical (unpaired) electrons. The number of ether oxygens (including phenoxy) is 1. The first kappa shape index (κ1) is 14.1. The molecule has 1 heterocycles. The fraction of sp³-hybridized carbons (Fsp3) is 0.333. The Bertz CT molecular complexity index is 578. The van der Waals surface area contributed by atoms with E-state index < -0.39 is 0 Å². The van der Waals surface area contributed by atoms with Crippen molar-refractivity contribution in [1.29, 1.82) is 0 Å². The lowest BCUT2D eigenvalue weighted by molar-refractivity contribution is -0.116. The number of benzene rings is 1. The van der Waals surface area contributed by atoms with Gasteiger partial charge in [0.05, 0.1) is 18.0 Å². The van der Waals surface area contributed by atoms with Crippen LogP contribution in [0, 0.1) is 6.92 Å². The molecule has 5 heteroatoms. The average Bonchev–Trinajstić information content (AvgIpc) is 2.85. The number of nitrogens with one attached hydrogen (secondary N) is 1. The third kappa shape index (κ3) is 3.85. The highest BCUT2D eigenvalue weighted by Crippen LogP contribution is 2.23. The van der Waals surface area contributed by atoms with Crippen LogP contribution in [0.1, 0.15) is 24.9 Å². The summed E-state index contributed by atoms with van der Waals surface area (Å²) in [4.78, 5) is 16.1. The Kier molecular flexibility index (Phi) is 4.76. The third-order valence-corrected chi connectivity index (χ3v) is 2.74. The van der Waals surface area contributed by atoms with E-state index >= 15 is 0 Å². The second-order valence-corrected chi connectivity index (χ2v) is 4.34. The summed E-state index contributed by atoms with van der Waals surface area (Å²) in [5.41, 5.74) is 1.48. The molecule has 0 atom stereocenters. The van der Waals surface area contributed by atoms with Crippen LogP contribution in [0.5, 0.6) is 5.75 Å². The number of hydrogen-bond donors (Lipinski definition) is 1. The van der Waals surface area contributed by atoms with E-state index in [0.717, 1.165) is 5.69 Å². The zero-order valence-electron chi connectivity index (χ0n) is 11.7. The monoisotopic (exact) mass is 274 g/mol. The van der Waals surface area contributed by atoms with E-state index in [1.54, 1.807) is 13.2 Å². The molecule has 106 valence electrons. The molecule has 0 aliphatic carbocycles. The topological polar surface area (TPSA) is 64.4 Å². The first-order chi connectivity index (χ1) is 9.69. The van der Waals surface area contributed by atoms with Crippen LogP contribution in [0.2, 0.25) is 0 Å². The first-order valence-corrected chi connectivity index (χ1v) is 6.61. The van der Waals surface area contributed by atoms with Gasteiger partial charge in [0.15, 0.2) is 5.89 Å². The van der Waals surface area contributed by atoms with Crippen molar-refractivity contribution in [3.63, 3.8) is 0 Å². The molecule has 1 aromatic heterocycles. The zero-order chi connectivity index (χ0) is 14.4. The highest BCUT2D eigenvalue weighted by Gasteiger charge is 2.08. The molecule has 20 heavy (non-hydrogen) atoms. The molecule has 1 aromatic carbocycles. The highest BCUT2D eigenvalue weighted by atomic mass is 16.5. The Labute approximate surface area is 118 Å². The van der Waals surface area contributed by atoms with E-state index in [1.165, 1.54) is 0 Å². The van der Waals surface area contributed by atoms with E-state index in [-0.39, 0.29) is 5.91 Å². The normalized spacial score (nSPS) is 10.3. The number of oxazole rings is 1. The molecule has 0 bridgehead atoms. The Balaban J connectivity index is 1.91. The summed E-state index contributed by atoms with van der Waals surface area (Å²) in [5, 5.41) is 2.85. The van der Waals surface area contributed by atoms with Crippen LogP contribution in [-0.2, 0) is 11.2 Å². The summed E-state index contributed by atoms with van der Waals surface area (Å²) in [7, 11) is 0. The molecule has 2 rings (SSSR count).